The van der Waals surface area contributed by atoms with Gasteiger partial charge in [-0.3, -0.25) is 9.59 Å². The monoisotopic (exact) mass is 420 g/mol. The van der Waals surface area contributed by atoms with E-state index >= 15 is 0 Å². The number of hydrogen-bond acceptors (Lipinski definition) is 4. The van der Waals surface area contributed by atoms with E-state index in [9.17, 15) is 9.59 Å². The van der Waals surface area contributed by atoms with Crippen LogP contribution in [0.3, 0.4) is 0 Å². The van der Waals surface area contributed by atoms with Gasteiger partial charge in [-0.1, -0.05) is 35.7 Å². The number of nitrogens with one attached hydrogen (secondary N) is 1. The third kappa shape index (κ3) is 7.64. The molecule has 0 aliphatic rings. The summed E-state index contributed by atoms with van der Waals surface area (Å²) < 4.78 is 6.00. The van der Waals surface area contributed by atoms with E-state index in [1.807, 2.05) is 6.07 Å². The standard InChI is InChI=1S/C17H25BrN2O3.ClH/c1-3-4-5-13(11-19)20-17(22)9-7-15(21)14-10-12(18)6-8-16(14)23-2;/h6,8,10,13H,3-5,7,9,11,19H2,1-2H3,(H,20,22);1H. The Morgan fingerprint density at radius 1 is 1.33 bits per heavy atom. The lowest BCUT2D eigenvalue weighted by atomic mass is 10.0. The molecule has 1 amide bonds. The number of Topliss-reactive ketones (excluding diaryl/α,β-unsaturated/α-hetero) is 1. The fourth-order valence-electron chi connectivity index (χ4n) is 2.26. The van der Waals surface area contributed by atoms with Crippen LogP contribution in [0.2, 0.25) is 0 Å². The van der Waals surface area contributed by atoms with E-state index in [2.05, 4.69) is 28.2 Å². The molecule has 3 N–H and O–H groups in total. The topological polar surface area (TPSA) is 81.4 Å². The quantitative estimate of drug-likeness (QED) is 0.567. The molecule has 0 fully saturated rings. The third-order valence-corrected chi connectivity index (χ3v) is 4.09. The van der Waals surface area contributed by atoms with Gasteiger partial charge >= 0.3 is 0 Å². The molecule has 0 spiro atoms. The first kappa shape index (κ1) is 22.9. The molecule has 0 saturated heterocycles. The van der Waals surface area contributed by atoms with Crippen LogP contribution in [-0.2, 0) is 4.79 Å². The molecule has 0 bridgehead atoms. The van der Waals surface area contributed by atoms with Crippen molar-refractivity contribution >= 4 is 40.0 Å². The summed E-state index contributed by atoms with van der Waals surface area (Å²) in [5.74, 6) is 0.261. The molecule has 0 aromatic heterocycles. The number of rotatable bonds is 10. The van der Waals surface area contributed by atoms with Gasteiger partial charge in [-0.15, -0.1) is 12.4 Å². The predicted octanol–water partition coefficient (Wildman–Crippen LogP) is 3.48. The summed E-state index contributed by atoms with van der Waals surface area (Å²) in [5.41, 5.74) is 6.14. The van der Waals surface area contributed by atoms with Crippen molar-refractivity contribution in [1.29, 1.82) is 0 Å². The number of ether oxygens (including phenoxy) is 1. The van der Waals surface area contributed by atoms with Crippen LogP contribution in [0.4, 0.5) is 0 Å². The zero-order chi connectivity index (χ0) is 17.2. The fourth-order valence-corrected chi connectivity index (χ4v) is 2.62. The molecule has 0 aliphatic heterocycles. The summed E-state index contributed by atoms with van der Waals surface area (Å²) in [6.45, 7) is 2.51. The largest absolute Gasteiger partial charge is 0.496 e. The number of unbranched alkanes of at least 4 members (excludes halogenated alkanes) is 1. The van der Waals surface area contributed by atoms with E-state index in [-0.39, 0.29) is 43.0 Å². The molecule has 1 unspecified atom stereocenters. The van der Waals surface area contributed by atoms with E-state index in [0.29, 0.717) is 17.9 Å². The molecule has 0 saturated carbocycles. The lowest BCUT2D eigenvalue weighted by Crippen LogP contribution is -2.40. The zero-order valence-electron chi connectivity index (χ0n) is 14.1. The van der Waals surface area contributed by atoms with Gasteiger partial charge in [-0.25, -0.2) is 0 Å². The fraction of sp³-hybridized carbons (Fsp3) is 0.529. The van der Waals surface area contributed by atoms with E-state index in [1.165, 1.54) is 7.11 Å². The summed E-state index contributed by atoms with van der Waals surface area (Å²) in [6.07, 6.45) is 3.25. The van der Waals surface area contributed by atoms with Gasteiger partial charge in [0.15, 0.2) is 5.78 Å². The van der Waals surface area contributed by atoms with Crippen LogP contribution in [0, 0.1) is 0 Å². The first-order valence-corrected chi connectivity index (χ1v) is 8.67. The lowest BCUT2D eigenvalue weighted by molar-refractivity contribution is -0.121. The molecular formula is C17H26BrClN2O3. The van der Waals surface area contributed by atoms with Gasteiger partial charge in [0.2, 0.25) is 5.91 Å². The van der Waals surface area contributed by atoms with Crippen LogP contribution in [0.15, 0.2) is 22.7 Å². The maximum atomic E-state index is 12.3. The van der Waals surface area contributed by atoms with Gasteiger partial charge in [0.05, 0.1) is 12.7 Å². The Hall–Kier alpha value is -1.11. The molecule has 5 nitrogen and oxygen atoms in total. The third-order valence-electron chi connectivity index (χ3n) is 3.60. The van der Waals surface area contributed by atoms with Crippen LogP contribution in [0.25, 0.3) is 0 Å². The van der Waals surface area contributed by atoms with Crippen molar-refractivity contribution < 1.29 is 14.3 Å². The van der Waals surface area contributed by atoms with Crippen molar-refractivity contribution in [3.05, 3.63) is 28.2 Å². The summed E-state index contributed by atoms with van der Waals surface area (Å²) in [5, 5.41) is 2.89. The molecular weight excluding hydrogens is 396 g/mol. The molecule has 7 heteroatoms. The smallest absolute Gasteiger partial charge is 0.220 e. The van der Waals surface area contributed by atoms with Gasteiger partial charge in [-0.05, 0) is 24.6 Å². The highest BCUT2D eigenvalue weighted by Crippen LogP contribution is 2.24. The minimum atomic E-state index is -0.140. The van der Waals surface area contributed by atoms with E-state index in [0.717, 1.165) is 23.7 Å². The second-order valence-corrected chi connectivity index (χ2v) is 6.33. The van der Waals surface area contributed by atoms with E-state index in [1.54, 1.807) is 12.1 Å². The second kappa shape index (κ2) is 12.3. The highest BCUT2D eigenvalue weighted by atomic mass is 79.9. The van der Waals surface area contributed by atoms with E-state index < -0.39 is 0 Å². The predicted molar refractivity (Wildman–Crippen MR) is 102 cm³/mol. The van der Waals surface area contributed by atoms with Crippen molar-refractivity contribution in [2.24, 2.45) is 5.73 Å². The average Bonchev–Trinajstić information content (AvgIpc) is 2.56. The van der Waals surface area contributed by atoms with Gasteiger partial charge in [0, 0.05) is 29.9 Å². The number of amides is 1. The van der Waals surface area contributed by atoms with Crippen molar-refractivity contribution in [3.8, 4) is 5.75 Å². The summed E-state index contributed by atoms with van der Waals surface area (Å²) in [4.78, 5) is 24.3. The van der Waals surface area contributed by atoms with Crippen molar-refractivity contribution in [3.63, 3.8) is 0 Å². The first-order chi connectivity index (χ1) is 11.0. The zero-order valence-corrected chi connectivity index (χ0v) is 16.5. The van der Waals surface area contributed by atoms with Crippen molar-refractivity contribution in [2.75, 3.05) is 13.7 Å². The van der Waals surface area contributed by atoms with Crippen LogP contribution in [0.5, 0.6) is 5.75 Å². The number of carbonyl (C=O) groups is 2. The second-order valence-electron chi connectivity index (χ2n) is 5.41. The summed E-state index contributed by atoms with van der Waals surface area (Å²) in [6, 6.07) is 5.23. The lowest BCUT2D eigenvalue weighted by Gasteiger charge is -2.16. The number of carbonyl (C=O) groups excluding carboxylic acids is 2. The molecule has 136 valence electrons. The molecule has 0 aliphatic carbocycles. The molecule has 0 radical (unpaired) electrons. The molecule has 1 rings (SSSR count). The van der Waals surface area contributed by atoms with Crippen LogP contribution in [0.1, 0.15) is 49.4 Å². The minimum absolute atomic E-state index is 0. The number of halogens is 2. The minimum Gasteiger partial charge on any atom is -0.496 e. The highest BCUT2D eigenvalue weighted by Gasteiger charge is 2.16. The Bertz CT molecular complexity index is 541. The Morgan fingerprint density at radius 2 is 2.04 bits per heavy atom. The Kier molecular flexibility index (Phi) is 11.7. The molecule has 1 aromatic carbocycles. The average molecular weight is 422 g/mol. The maximum Gasteiger partial charge on any atom is 0.220 e. The Morgan fingerprint density at radius 3 is 2.62 bits per heavy atom. The molecule has 24 heavy (non-hydrogen) atoms. The van der Waals surface area contributed by atoms with Gasteiger partial charge in [-0.2, -0.15) is 0 Å². The van der Waals surface area contributed by atoms with Crippen LogP contribution in [-0.4, -0.2) is 31.4 Å². The number of methoxy groups -OCH3 is 1. The SMILES string of the molecule is CCCCC(CN)NC(=O)CCC(=O)c1cc(Br)ccc1OC.Cl. The Balaban J connectivity index is 0.00000529. The maximum absolute atomic E-state index is 12.3. The van der Waals surface area contributed by atoms with Gasteiger partial charge < -0.3 is 15.8 Å². The van der Waals surface area contributed by atoms with Gasteiger partial charge in [0.25, 0.3) is 0 Å². The number of benzene rings is 1. The van der Waals surface area contributed by atoms with E-state index in [4.69, 9.17) is 10.5 Å². The number of hydrogen-bond donors (Lipinski definition) is 2. The normalized spacial score (nSPS) is 11.3. The first-order valence-electron chi connectivity index (χ1n) is 7.88. The van der Waals surface area contributed by atoms with Crippen LogP contribution >= 0.6 is 28.3 Å². The molecule has 1 aromatic rings. The number of nitrogens with two attached hydrogens (primary N) is 1. The molecule has 0 heterocycles. The molecule has 1 atom stereocenters. The van der Waals surface area contributed by atoms with Crippen molar-refractivity contribution in [1.82, 2.24) is 5.32 Å². The van der Waals surface area contributed by atoms with Gasteiger partial charge in [0.1, 0.15) is 5.75 Å². The highest BCUT2D eigenvalue weighted by molar-refractivity contribution is 9.10. The number of ketones is 1. The van der Waals surface area contributed by atoms with Crippen LogP contribution < -0.4 is 15.8 Å². The summed E-state index contributed by atoms with van der Waals surface area (Å²) >= 11 is 3.34. The van der Waals surface area contributed by atoms with Crippen molar-refractivity contribution in [2.45, 2.75) is 45.1 Å². The summed E-state index contributed by atoms with van der Waals surface area (Å²) in [7, 11) is 1.52. The Labute approximate surface area is 158 Å².